The van der Waals surface area contributed by atoms with Gasteiger partial charge < -0.3 is 0 Å². The van der Waals surface area contributed by atoms with Crippen LogP contribution in [0.25, 0.3) is 0 Å². The summed E-state index contributed by atoms with van der Waals surface area (Å²) in [5.41, 5.74) is 4.11. The second-order valence-corrected chi connectivity index (χ2v) is 2.74. The third kappa shape index (κ3) is 10.4. The smallest absolute Gasteiger partial charge is 0.157 e. The molecule has 0 aromatic rings. The lowest BCUT2D eigenvalue weighted by Gasteiger charge is -1.99. The summed E-state index contributed by atoms with van der Waals surface area (Å²) in [7, 11) is 0. The van der Waals surface area contributed by atoms with Crippen molar-refractivity contribution in [1.29, 1.82) is 0 Å². The molecule has 8 heteroatoms. The van der Waals surface area contributed by atoms with Crippen LogP contribution in [0.2, 0.25) is 0 Å². The molecule has 82 valence electrons. The molecule has 0 aromatic heterocycles. The predicted molar refractivity (Wildman–Crippen MR) is 48.5 cm³/mol. The van der Waals surface area contributed by atoms with Crippen molar-refractivity contribution in [1.82, 2.24) is 10.9 Å². The highest BCUT2D eigenvalue weighted by molar-refractivity contribution is 4.44. The van der Waals surface area contributed by atoms with Crippen LogP contribution in [0, 0.1) is 20.2 Å². The Kier molecular flexibility index (Phi) is 7.10. The molecule has 0 rings (SSSR count). The van der Waals surface area contributed by atoms with E-state index in [4.69, 9.17) is 0 Å². The van der Waals surface area contributed by atoms with Crippen molar-refractivity contribution in [3.05, 3.63) is 20.2 Å². The van der Waals surface area contributed by atoms with Gasteiger partial charge in [0, 0.05) is 0 Å². The molecular weight excluding hydrogens is 192 g/mol. The Hall–Kier alpha value is -1.60. The lowest BCUT2D eigenvalue weighted by molar-refractivity contribution is -0.544. The molecule has 0 fully saturated rings. The maximum atomic E-state index is 9.82. The van der Waals surface area contributed by atoms with Crippen molar-refractivity contribution in [2.75, 3.05) is 13.1 Å². The van der Waals surface area contributed by atoms with Crippen LogP contribution in [-0.4, -0.2) is 23.2 Å². The Morgan fingerprint density at radius 3 is 1.43 bits per heavy atom. The van der Waals surface area contributed by atoms with Crippen LogP contribution in [-0.2, 0) is 0 Å². The number of nitrogens with one attached hydrogen (secondary N) is 2. The van der Waals surface area contributed by atoms with Crippen molar-refractivity contribution in [2.45, 2.75) is 25.7 Å². The maximum absolute atomic E-state index is 9.82. The van der Waals surface area contributed by atoms with Crippen molar-refractivity contribution in [3.8, 4) is 0 Å². The molecule has 0 saturated heterocycles. The van der Waals surface area contributed by atoms with Gasteiger partial charge in [0.15, 0.2) is 10.1 Å². The van der Waals surface area contributed by atoms with Gasteiger partial charge in [0.05, 0.1) is 13.1 Å². The van der Waals surface area contributed by atoms with Crippen LogP contribution < -0.4 is 10.9 Å². The zero-order valence-electron chi connectivity index (χ0n) is 7.77. The number of nitrogens with zero attached hydrogens (tertiary/aromatic N) is 2. The molecule has 0 aromatic carbocycles. The summed E-state index contributed by atoms with van der Waals surface area (Å²) in [5.74, 6) is 0. The SMILES string of the molecule is O=[N+]([O-])NCCCCCCN[N+](=O)[O-]. The van der Waals surface area contributed by atoms with E-state index < -0.39 is 10.1 Å². The number of nitro groups is 2. The molecule has 0 amide bonds. The topological polar surface area (TPSA) is 110 Å². The van der Waals surface area contributed by atoms with Gasteiger partial charge in [-0.2, -0.15) is 0 Å². The van der Waals surface area contributed by atoms with E-state index >= 15 is 0 Å². The average molecular weight is 206 g/mol. The summed E-state index contributed by atoms with van der Waals surface area (Å²) >= 11 is 0. The van der Waals surface area contributed by atoms with Gasteiger partial charge in [-0.1, -0.05) is 12.8 Å². The van der Waals surface area contributed by atoms with Crippen LogP contribution in [0.15, 0.2) is 0 Å². The van der Waals surface area contributed by atoms with Crippen molar-refractivity contribution in [3.63, 3.8) is 0 Å². The van der Waals surface area contributed by atoms with Crippen molar-refractivity contribution < 1.29 is 10.1 Å². The van der Waals surface area contributed by atoms with Crippen molar-refractivity contribution >= 4 is 0 Å². The highest BCUT2D eigenvalue weighted by Gasteiger charge is 1.96. The van der Waals surface area contributed by atoms with Crippen LogP contribution >= 0.6 is 0 Å². The average Bonchev–Trinajstić information content (AvgIpc) is 2.08. The molecule has 8 nitrogen and oxygen atoms in total. The minimum absolute atomic E-state index is 0.343. The summed E-state index contributed by atoms with van der Waals surface area (Å²) in [4.78, 5) is 19.6. The third-order valence-electron chi connectivity index (χ3n) is 1.59. The first-order chi connectivity index (χ1) is 6.63. The number of rotatable bonds is 9. The van der Waals surface area contributed by atoms with Crippen LogP contribution in [0.5, 0.6) is 0 Å². The van der Waals surface area contributed by atoms with Gasteiger partial charge in [0.2, 0.25) is 0 Å². The molecule has 0 saturated carbocycles. The lowest BCUT2D eigenvalue weighted by Crippen LogP contribution is -2.23. The normalized spacial score (nSPS) is 9.43. The van der Waals surface area contributed by atoms with Gasteiger partial charge >= 0.3 is 0 Å². The molecule has 0 radical (unpaired) electrons. The van der Waals surface area contributed by atoms with E-state index in [9.17, 15) is 20.2 Å². The Morgan fingerprint density at radius 1 is 0.786 bits per heavy atom. The highest BCUT2D eigenvalue weighted by atomic mass is 16.7. The van der Waals surface area contributed by atoms with Crippen LogP contribution in [0.3, 0.4) is 0 Å². The fourth-order valence-corrected chi connectivity index (χ4v) is 0.944. The van der Waals surface area contributed by atoms with Gasteiger partial charge in [-0.25, -0.2) is 20.2 Å². The monoisotopic (exact) mass is 206 g/mol. The van der Waals surface area contributed by atoms with E-state index in [1.165, 1.54) is 0 Å². The summed E-state index contributed by atoms with van der Waals surface area (Å²) in [6.07, 6.45) is 3.08. The first-order valence-corrected chi connectivity index (χ1v) is 4.38. The summed E-state index contributed by atoms with van der Waals surface area (Å²) in [6.45, 7) is 0.686. The Bertz CT molecular complexity index is 167. The minimum atomic E-state index is -0.575. The first-order valence-electron chi connectivity index (χ1n) is 4.38. The molecule has 0 atom stereocenters. The molecule has 0 spiro atoms. The molecule has 0 aliphatic heterocycles. The Morgan fingerprint density at radius 2 is 1.14 bits per heavy atom. The van der Waals surface area contributed by atoms with Gasteiger partial charge in [0.25, 0.3) is 0 Å². The van der Waals surface area contributed by atoms with Crippen LogP contribution in [0.1, 0.15) is 25.7 Å². The van der Waals surface area contributed by atoms with E-state index in [1.54, 1.807) is 0 Å². The minimum Gasteiger partial charge on any atom is -0.235 e. The number of unbranched alkanes of at least 4 members (excludes halogenated alkanes) is 3. The van der Waals surface area contributed by atoms with Gasteiger partial charge in [-0.3, -0.25) is 0 Å². The fourth-order valence-electron chi connectivity index (χ4n) is 0.944. The molecule has 2 N–H and O–H groups in total. The zero-order chi connectivity index (χ0) is 10.8. The molecule has 0 heterocycles. The van der Waals surface area contributed by atoms with Crippen LogP contribution in [0.4, 0.5) is 0 Å². The lowest BCUT2D eigenvalue weighted by atomic mass is 10.2. The molecule has 0 bridgehead atoms. The fraction of sp³-hybridized carbons (Fsp3) is 1.00. The summed E-state index contributed by atoms with van der Waals surface area (Å²) in [5, 5.41) is 18.5. The van der Waals surface area contributed by atoms with E-state index in [0.717, 1.165) is 12.8 Å². The van der Waals surface area contributed by atoms with Gasteiger partial charge in [0.1, 0.15) is 0 Å². The highest BCUT2D eigenvalue weighted by Crippen LogP contribution is 1.97. The zero-order valence-corrected chi connectivity index (χ0v) is 7.77. The maximum Gasteiger partial charge on any atom is 0.157 e. The second kappa shape index (κ2) is 8.02. The van der Waals surface area contributed by atoms with Crippen molar-refractivity contribution in [2.24, 2.45) is 0 Å². The largest absolute Gasteiger partial charge is 0.235 e. The van der Waals surface area contributed by atoms with E-state index in [-0.39, 0.29) is 0 Å². The third-order valence-corrected chi connectivity index (χ3v) is 1.59. The molecule has 0 aliphatic carbocycles. The molecule has 14 heavy (non-hydrogen) atoms. The molecule has 0 aliphatic rings. The first kappa shape index (κ1) is 12.4. The Balaban J connectivity index is 2.99. The number of hydrogen-bond acceptors (Lipinski definition) is 4. The van der Waals surface area contributed by atoms with E-state index in [1.807, 2.05) is 0 Å². The number of hydrazine groups is 2. The second-order valence-electron chi connectivity index (χ2n) is 2.74. The van der Waals surface area contributed by atoms with E-state index in [2.05, 4.69) is 10.9 Å². The summed E-state index contributed by atoms with van der Waals surface area (Å²) < 4.78 is 0. The quantitative estimate of drug-likeness (QED) is 0.314. The van der Waals surface area contributed by atoms with Gasteiger partial charge in [-0.15, -0.1) is 10.9 Å². The molecular formula is C6H14N4O4. The van der Waals surface area contributed by atoms with E-state index in [0.29, 0.717) is 25.9 Å². The standard InChI is InChI=1S/C6H14N4O4/c11-9(12)7-5-3-1-2-4-6-8-10(13)14/h7-8H,1-6H2. The summed E-state index contributed by atoms with van der Waals surface area (Å²) in [6, 6.07) is 0. The number of hydrogen-bond donors (Lipinski definition) is 2. The molecule has 0 unspecified atom stereocenters. The predicted octanol–water partition coefficient (Wildman–Crippen LogP) is 0.109. The Labute approximate surface area is 80.9 Å². The van der Waals surface area contributed by atoms with Gasteiger partial charge in [-0.05, 0) is 12.8 Å².